The van der Waals surface area contributed by atoms with E-state index in [0.29, 0.717) is 4.67 Å². The average molecular weight is 226 g/mol. The first-order valence-corrected chi connectivity index (χ1v) is 3.04. The number of hydrogen-bond acceptors (Lipinski definition) is 2. The van der Waals surface area contributed by atoms with Crippen molar-refractivity contribution in [3.8, 4) is 0 Å². The number of amides is 1. The molecular formula is C5H5BrClNO2. The molecule has 0 saturated heterocycles. The molecule has 1 heterocycles. The van der Waals surface area contributed by atoms with Gasteiger partial charge in [-0.25, -0.2) is 0 Å². The minimum atomic E-state index is -0.555. The summed E-state index contributed by atoms with van der Waals surface area (Å²) in [5.41, 5.74) is 4.87. The van der Waals surface area contributed by atoms with Crippen LogP contribution in [-0.4, -0.2) is 5.91 Å². The van der Waals surface area contributed by atoms with Crippen molar-refractivity contribution >= 4 is 34.2 Å². The summed E-state index contributed by atoms with van der Waals surface area (Å²) in [5.74, 6) is -0.387. The second-order valence-electron chi connectivity index (χ2n) is 1.47. The van der Waals surface area contributed by atoms with Crippen molar-refractivity contribution < 1.29 is 9.21 Å². The zero-order chi connectivity index (χ0) is 6.85. The molecule has 0 spiro atoms. The number of rotatable bonds is 1. The molecule has 0 bridgehead atoms. The molecule has 1 rings (SSSR count). The van der Waals surface area contributed by atoms with Crippen molar-refractivity contribution in [1.82, 2.24) is 0 Å². The van der Waals surface area contributed by atoms with E-state index >= 15 is 0 Å². The molecule has 0 radical (unpaired) electrons. The maximum Gasteiger partial charge on any atom is 0.284 e. The lowest BCUT2D eigenvalue weighted by molar-refractivity contribution is 0.0972. The van der Waals surface area contributed by atoms with Crippen LogP contribution in [0.3, 0.4) is 0 Å². The third-order valence-corrected chi connectivity index (χ3v) is 1.24. The topological polar surface area (TPSA) is 56.2 Å². The van der Waals surface area contributed by atoms with Crippen molar-refractivity contribution in [3.63, 3.8) is 0 Å². The predicted octanol–water partition coefficient (Wildman–Crippen LogP) is 1.56. The van der Waals surface area contributed by atoms with Crippen LogP contribution in [0.15, 0.2) is 21.2 Å². The van der Waals surface area contributed by atoms with Gasteiger partial charge >= 0.3 is 0 Å². The van der Waals surface area contributed by atoms with Gasteiger partial charge in [0.1, 0.15) is 0 Å². The summed E-state index contributed by atoms with van der Waals surface area (Å²) >= 11 is 3.03. The van der Waals surface area contributed by atoms with E-state index in [1.807, 2.05) is 0 Å². The molecule has 10 heavy (non-hydrogen) atoms. The molecule has 1 aromatic rings. The Labute approximate surface area is 72.1 Å². The SMILES string of the molecule is Cl.NC(=O)c1ccc(Br)o1. The average Bonchev–Trinajstić information content (AvgIpc) is 2.14. The number of halogens is 2. The van der Waals surface area contributed by atoms with Crippen LogP contribution >= 0.6 is 28.3 Å². The van der Waals surface area contributed by atoms with Crippen LogP contribution in [0.4, 0.5) is 0 Å². The van der Waals surface area contributed by atoms with Gasteiger partial charge in [0.05, 0.1) is 0 Å². The number of carbonyl (C=O) groups is 1. The van der Waals surface area contributed by atoms with Crippen molar-refractivity contribution in [1.29, 1.82) is 0 Å². The first-order valence-electron chi connectivity index (χ1n) is 2.25. The van der Waals surface area contributed by atoms with Gasteiger partial charge in [0.25, 0.3) is 5.91 Å². The molecule has 56 valence electrons. The summed E-state index contributed by atoms with van der Waals surface area (Å²) in [6.45, 7) is 0. The lowest BCUT2D eigenvalue weighted by Gasteiger charge is -1.82. The molecule has 0 atom stereocenters. The van der Waals surface area contributed by atoms with Gasteiger partial charge in [-0.15, -0.1) is 12.4 Å². The van der Waals surface area contributed by atoms with Gasteiger partial charge in [0, 0.05) is 0 Å². The van der Waals surface area contributed by atoms with Gasteiger partial charge in [-0.05, 0) is 28.1 Å². The number of carbonyl (C=O) groups excluding carboxylic acids is 1. The molecule has 2 N–H and O–H groups in total. The van der Waals surface area contributed by atoms with Crippen LogP contribution in [-0.2, 0) is 0 Å². The smallest absolute Gasteiger partial charge is 0.284 e. The van der Waals surface area contributed by atoms with Crippen LogP contribution in [0.2, 0.25) is 0 Å². The number of nitrogens with two attached hydrogens (primary N) is 1. The van der Waals surface area contributed by atoms with Crippen molar-refractivity contribution in [2.75, 3.05) is 0 Å². The Morgan fingerprint density at radius 1 is 1.60 bits per heavy atom. The van der Waals surface area contributed by atoms with Gasteiger partial charge in [-0.3, -0.25) is 4.79 Å². The second kappa shape index (κ2) is 3.63. The van der Waals surface area contributed by atoms with Gasteiger partial charge in [-0.2, -0.15) is 0 Å². The molecule has 0 fully saturated rings. The van der Waals surface area contributed by atoms with Crippen LogP contribution < -0.4 is 5.73 Å². The van der Waals surface area contributed by atoms with E-state index in [2.05, 4.69) is 15.9 Å². The fourth-order valence-corrected chi connectivity index (χ4v) is 0.753. The minimum absolute atomic E-state index is 0. The maximum absolute atomic E-state index is 10.3. The van der Waals surface area contributed by atoms with Crippen LogP contribution in [0.1, 0.15) is 10.6 Å². The highest BCUT2D eigenvalue weighted by Gasteiger charge is 2.03. The van der Waals surface area contributed by atoms with Crippen LogP contribution in [0, 0.1) is 0 Å². The molecule has 0 saturated carbocycles. The number of furan rings is 1. The number of primary amides is 1. The first kappa shape index (κ1) is 9.52. The zero-order valence-corrected chi connectivity index (χ0v) is 7.24. The van der Waals surface area contributed by atoms with E-state index in [0.717, 1.165) is 0 Å². The summed E-state index contributed by atoms with van der Waals surface area (Å²) in [7, 11) is 0. The lowest BCUT2D eigenvalue weighted by atomic mass is 10.4. The van der Waals surface area contributed by atoms with E-state index in [1.165, 1.54) is 6.07 Å². The Morgan fingerprint density at radius 2 is 2.20 bits per heavy atom. The standard InChI is InChI=1S/C5H4BrNO2.ClH/c6-4-2-1-3(9-4)5(7)8;/h1-2H,(H2,7,8);1H. The number of hydrogen-bond donors (Lipinski definition) is 1. The maximum atomic E-state index is 10.3. The Morgan fingerprint density at radius 3 is 2.40 bits per heavy atom. The second-order valence-corrected chi connectivity index (χ2v) is 2.25. The van der Waals surface area contributed by atoms with E-state index in [-0.39, 0.29) is 18.2 Å². The molecule has 0 aliphatic rings. The minimum Gasteiger partial charge on any atom is -0.444 e. The van der Waals surface area contributed by atoms with E-state index in [9.17, 15) is 4.79 Å². The molecule has 0 aromatic carbocycles. The molecular weight excluding hydrogens is 221 g/mol. The fourth-order valence-electron chi connectivity index (χ4n) is 0.447. The first-order chi connectivity index (χ1) is 4.20. The lowest BCUT2D eigenvalue weighted by Crippen LogP contribution is -2.08. The van der Waals surface area contributed by atoms with E-state index < -0.39 is 5.91 Å². The largest absolute Gasteiger partial charge is 0.444 e. The van der Waals surface area contributed by atoms with E-state index in [4.69, 9.17) is 10.2 Å². The summed E-state index contributed by atoms with van der Waals surface area (Å²) in [6.07, 6.45) is 0. The quantitative estimate of drug-likeness (QED) is 0.790. The molecule has 1 aromatic heterocycles. The highest BCUT2D eigenvalue weighted by atomic mass is 79.9. The molecule has 1 amide bonds. The summed E-state index contributed by atoms with van der Waals surface area (Å²) in [4.78, 5) is 10.3. The van der Waals surface area contributed by atoms with Crippen LogP contribution in [0.25, 0.3) is 0 Å². The highest BCUT2D eigenvalue weighted by molar-refractivity contribution is 9.10. The van der Waals surface area contributed by atoms with Gasteiger partial charge in [-0.1, -0.05) is 0 Å². The highest BCUT2D eigenvalue weighted by Crippen LogP contribution is 2.12. The predicted molar refractivity (Wildman–Crippen MR) is 42.2 cm³/mol. The monoisotopic (exact) mass is 225 g/mol. The van der Waals surface area contributed by atoms with Crippen LogP contribution in [0.5, 0.6) is 0 Å². The van der Waals surface area contributed by atoms with E-state index in [1.54, 1.807) is 6.07 Å². The van der Waals surface area contributed by atoms with Crippen molar-refractivity contribution in [2.45, 2.75) is 0 Å². The van der Waals surface area contributed by atoms with Crippen molar-refractivity contribution in [2.24, 2.45) is 5.73 Å². The Bertz CT molecular complexity index is 235. The molecule has 0 aliphatic heterocycles. The normalized spacial score (nSPS) is 8.50. The summed E-state index contributed by atoms with van der Waals surface area (Å²) in [6, 6.07) is 3.12. The third-order valence-electron chi connectivity index (χ3n) is 0.816. The Kier molecular flexibility index (Phi) is 3.46. The summed E-state index contributed by atoms with van der Waals surface area (Å²) in [5, 5.41) is 0. The molecule has 0 aliphatic carbocycles. The molecule has 3 nitrogen and oxygen atoms in total. The zero-order valence-electron chi connectivity index (χ0n) is 4.83. The van der Waals surface area contributed by atoms with Gasteiger partial charge < -0.3 is 10.2 Å². The Hall–Kier alpha value is -0.480. The third kappa shape index (κ3) is 2.04. The van der Waals surface area contributed by atoms with Gasteiger partial charge in [0.15, 0.2) is 10.4 Å². The van der Waals surface area contributed by atoms with Crippen molar-refractivity contribution in [3.05, 3.63) is 22.6 Å². The van der Waals surface area contributed by atoms with Gasteiger partial charge in [0.2, 0.25) is 0 Å². The fraction of sp³-hybridized carbons (Fsp3) is 0. The molecule has 5 heteroatoms. The summed E-state index contributed by atoms with van der Waals surface area (Å²) < 4.78 is 5.30. The Balaban J connectivity index is 0.000000810. The molecule has 0 unspecified atom stereocenters.